The third kappa shape index (κ3) is 3.25. The van der Waals surface area contributed by atoms with E-state index >= 15 is 0 Å². The van der Waals surface area contributed by atoms with E-state index in [1.807, 2.05) is 10.6 Å². The maximum atomic E-state index is 10.0. The molecular formula is C15H21N5O3S. The molecule has 2 aromatic heterocycles. The number of ether oxygens (including phenoxy) is 1. The quantitative estimate of drug-likeness (QED) is 0.385. The van der Waals surface area contributed by atoms with Gasteiger partial charge >= 0.3 is 0 Å². The number of hydrogen-bond acceptors (Lipinski definition) is 8. The lowest BCUT2D eigenvalue weighted by Gasteiger charge is -2.16. The molecule has 8 nitrogen and oxygen atoms in total. The number of fused-ring (bicyclic) bond motifs is 1. The number of anilines is 1. The van der Waals surface area contributed by atoms with Crippen molar-refractivity contribution in [2.75, 3.05) is 18.1 Å². The minimum Gasteiger partial charge on any atom is -0.394 e. The second-order valence-corrected chi connectivity index (χ2v) is 6.65. The van der Waals surface area contributed by atoms with Crippen LogP contribution in [0.3, 0.4) is 0 Å². The zero-order chi connectivity index (χ0) is 17.1. The van der Waals surface area contributed by atoms with E-state index in [4.69, 9.17) is 10.5 Å². The SMILES string of the molecule is C=CCCCSc1nc2c(N)ncnc2n1[C@H]1CC(O)[C@@H](CO)O1. The van der Waals surface area contributed by atoms with Crippen LogP contribution in [0.1, 0.15) is 25.5 Å². The molecule has 0 bridgehead atoms. The van der Waals surface area contributed by atoms with Crippen molar-refractivity contribution in [1.29, 1.82) is 0 Å². The minimum absolute atomic E-state index is 0.233. The van der Waals surface area contributed by atoms with Crippen LogP contribution in [0.5, 0.6) is 0 Å². The molecule has 0 saturated carbocycles. The largest absolute Gasteiger partial charge is 0.394 e. The van der Waals surface area contributed by atoms with Gasteiger partial charge in [-0.3, -0.25) is 4.57 Å². The smallest absolute Gasteiger partial charge is 0.172 e. The second-order valence-electron chi connectivity index (χ2n) is 5.59. The number of nitrogens with zero attached hydrogens (tertiary/aromatic N) is 4. The molecule has 24 heavy (non-hydrogen) atoms. The van der Waals surface area contributed by atoms with Crippen molar-refractivity contribution in [2.45, 2.75) is 42.9 Å². The molecule has 9 heteroatoms. The molecule has 2 aromatic rings. The first-order valence-electron chi connectivity index (χ1n) is 7.82. The molecule has 1 fully saturated rings. The lowest BCUT2D eigenvalue weighted by molar-refractivity contribution is -0.0457. The Labute approximate surface area is 143 Å². The summed E-state index contributed by atoms with van der Waals surface area (Å²) in [4.78, 5) is 12.8. The molecule has 4 N–H and O–H groups in total. The van der Waals surface area contributed by atoms with E-state index in [0.29, 0.717) is 23.4 Å². The molecule has 0 aromatic carbocycles. The van der Waals surface area contributed by atoms with E-state index < -0.39 is 18.4 Å². The molecule has 1 aliphatic rings. The number of imidazole rings is 1. The van der Waals surface area contributed by atoms with Crippen molar-refractivity contribution in [1.82, 2.24) is 19.5 Å². The second kappa shape index (κ2) is 7.47. The monoisotopic (exact) mass is 351 g/mol. The molecule has 1 aliphatic heterocycles. The fourth-order valence-electron chi connectivity index (χ4n) is 2.70. The van der Waals surface area contributed by atoms with E-state index in [-0.39, 0.29) is 6.61 Å². The first-order valence-corrected chi connectivity index (χ1v) is 8.80. The van der Waals surface area contributed by atoms with Gasteiger partial charge in [0.1, 0.15) is 18.7 Å². The molecule has 130 valence electrons. The highest BCUT2D eigenvalue weighted by Crippen LogP contribution is 2.36. The van der Waals surface area contributed by atoms with Crippen LogP contribution in [0.25, 0.3) is 11.2 Å². The first-order chi connectivity index (χ1) is 11.7. The van der Waals surface area contributed by atoms with E-state index in [1.54, 1.807) is 11.8 Å². The molecule has 0 radical (unpaired) electrons. The van der Waals surface area contributed by atoms with Crippen molar-refractivity contribution in [2.24, 2.45) is 0 Å². The van der Waals surface area contributed by atoms with Crippen LogP contribution in [-0.2, 0) is 4.74 Å². The number of hydrogen-bond donors (Lipinski definition) is 3. The molecule has 1 unspecified atom stereocenters. The predicted octanol–water partition coefficient (Wildman–Crippen LogP) is 1.11. The number of allylic oxidation sites excluding steroid dienone is 1. The number of nitrogen functional groups attached to an aromatic ring is 1. The van der Waals surface area contributed by atoms with Gasteiger partial charge in [-0.1, -0.05) is 17.8 Å². The van der Waals surface area contributed by atoms with Gasteiger partial charge < -0.3 is 20.7 Å². The molecule has 1 saturated heterocycles. The highest BCUT2D eigenvalue weighted by atomic mass is 32.2. The first kappa shape index (κ1) is 17.2. The van der Waals surface area contributed by atoms with Crippen LogP contribution in [0.2, 0.25) is 0 Å². The number of thioether (sulfide) groups is 1. The van der Waals surface area contributed by atoms with Gasteiger partial charge in [-0.25, -0.2) is 15.0 Å². The summed E-state index contributed by atoms with van der Waals surface area (Å²) in [5, 5.41) is 20.1. The number of aromatic nitrogens is 4. The van der Waals surface area contributed by atoms with Crippen molar-refractivity contribution >= 4 is 28.7 Å². The highest BCUT2D eigenvalue weighted by molar-refractivity contribution is 7.99. The number of aliphatic hydroxyl groups is 2. The Morgan fingerprint density at radius 3 is 3.04 bits per heavy atom. The van der Waals surface area contributed by atoms with Gasteiger partial charge in [0.25, 0.3) is 0 Å². The Hall–Kier alpha value is -1.68. The van der Waals surface area contributed by atoms with E-state index in [0.717, 1.165) is 23.8 Å². The Balaban J connectivity index is 1.94. The molecule has 0 aliphatic carbocycles. The Morgan fingerprint density at radius 2 is 2.33 bits per heavy atom. The minimum atomic E-state index is -0.727. The summed E-state index contributed by atoms with van der Waals surface area (Å²) in [5.41, 5.74) is 7.01. The van der Waals surface area contributed by atoms with E-state index in [2.05, 4.69) is 21.5 Å². The molecule has 3 atom stereocenters. The average Bonchev–Trinajstić information content (AvgIpc) is 3.12. The molecule has 0 amide bonds. The normalized spacial score (nSPS) is 23.8. The van der Waals surface area contributed by atoms with Crippen LogP contribution in [0, 0.1) is 0 Å². The number of unbranched alkanes of at least 4 members (excludes halogenated alkanes) is 1. The van der Waals surface area contributed by atoms with Gasteiger partial charge in [-0.15, -0.1) is 6.58 Å². The molecule has 3 rings (SSSR count). The summed E-state index contributed by atoms with van der Waals surface area (Å²) >= 11 is 1.57. The standard InChI is InChI=1S/C15H21N5O3S/c1-2-3-4-5-24-15-19-12-13(16)17-8-18-14(12)20(15)11-6-9(22)10(7-21)23-11/h2,8-11,21-22H,1,3-7H2,(H2,16,17,18)/t9?,10-,11-/m1/s1. The van der Waals surface area contributed by atoms with Crippen LogP contribution < -0.4 is 5.73 Å². The summed E-state index contributed by atoms with van der Waals surface area (Å²) in [5.74, 6) is 1.17. The van der Waals surface area contributed by atoms with E-state index in [9.17, 15) is 10.2 Å². The average molecular weight is 351 g/mol. The fraction of sp³-hybridized carbons (Fsp3) is 0.533. The lowest BCUT2D eigenvalue weighted by Crippen LogP contribution is -2.24. The summed E-state index contributed by atoms with van der Waals surface area (Å²) in [6, 6.07) is 0. The van der Waals surface area contributed by atoms with Crippen molar-refractivity contribution < 1.29 is 14.9 Å². The van der Waals surface area contributed by atoms with Crippen LogP contribution in [0.4, 0.5) is 5.82 Å². The van der Waals surface area contributed by atoms with E-state index in [1.165, 1.54) is 6.33 Å². The number of rotatable bonds is 7. The van der Waals surface area contributed by atoms with Crippen LogP contribution in [0.15, 0.2) is 24.1 Å². The Kier molecular flexibility index (Phi) is 5.34. The number of nitrogens with two attached hydrogens (primary N) is 1. The van der Waals surface area contributed by atoms with Gasteiger partial charge in [0.05, 0.1) is 12.7 Å². The van der Waals surface area contributed by atoms with Crippen molar-refractivity contribution in [3.05, 3.63) is 19.0 Å². The van der Waals surface area contributed by atoms with Gasteiger partial charge in [0.15, 0.2) is 22.1 Å². The maximum Gasteiger partial charge on any atom is 0.172 e. The molecule has 0 spiro atoms. The van der Waals surface area contributed by atoms with Gasteiger partial charge in [0.2, 0.25) is 0 Å². The van der Waals surface area contributed by atoms with Gasteiger partial charge in [-0.05, 0) is 12.8 Å². The summed E-state index contributed by atoms with van der Waals surface area (Å²) < 4.78 is 7.61. The van der Waals surface area contributed by atoms with Gasteiger partial charge in [-0.2, -0.15) is 0 Å². The Morgan fingerprint density at radius 1 is 1.50 bits per heavy atom. The lowest BCUT2D eigenvalue weighted by atomic mass is 10.2. The predicted molar refractivity (Wildman–Crippen MR) is 91.5 cm³/mol. The third-order valence-electron chi connectivity index (χ3n) is 3.93. The van der Waals surface area contributed by atoms with Crippen LogP contribution >= 0.6 is 11.8 Å². The Bertz CT molecular complexity index is 722. The number of aliphatic hydroxyl groups excluding tert-OH is 2. The summed E-state index contributed by atoms with van der Waals surface area (Å²) in [6.45, 7) is 3.49. The molecular weight excluding hydrogens is 330 g/mol. The maximum absolute atomic E-state index is 10.0. The van der Waals surface area contributed by atoms with Crippen LogP contribution in [-0.4, -0.2) is 54.3 Å². The molecule has 3 heterocycles. The van der Waals surface area contributed by atoms with Gasteiger partial charge in [0, 0.05) is 12.2 Å². The van der Waals surface area contributed by atoms with Crippen molar-refractivity contribution in [3.63, 3.8) is 0 Å². The summed E-state index contributed by atoms with van der Waals surface area (Å²) in [7, 11) is 0. The topological polar surface area (TPSA) is 119 Å². The summed E-state index contributed by atoms with van der Waals surface area (Å²) in [6.07, 6.45) is 3.76. The zero-order valence-corrected chi connectivity index (χ0v) is 14.0. The fourth-order valence-corrected chi connectivity index (χ4v) is 3.69. The third-order valence-corrected chi connectivity index (χ3v) is 4.97. The highest BCUT2D eigenvalue weighted by Gasteiger charge is 2.36. The van der Waals surface area contributed by atoms with Crippen molar-refractivity contribution in [3.8, 4) is 0 Å². The zero-order valence-electron chi connectivity index (χ0n) is 13.2.